The molecule has 2 bridgehead atoms. The maximum absolute atomic E-state index is 12.8. The van der Waals surface area contributed by atoms with Gasteiger partial charge in [0.25, 0.3) is 0 Å². The second-order valence-corrected chi connectivity index (χ2v) is 8.48. The van der Waals surface area contributed by atoms with E-state index in [0.717, 1.165) is 18.4 Å². The lowest BCUT2D eigenvalue weighted by atomic mass is 10.1. The monoisotopic (exact) mass is 394 g/mol. The van der Waals surface area contributed by atoms with Crippen molar-refractivity contribution in [2.45, 2.75) is 43.2 Å². The Labute approximate surface area is 140 Å². The molecule has 2 aliphatic heterocycles. The highest BCUT2D eigenvalue weighted by Crippen LogP contribution is 2.29. The topological polar surface area (TPSA) is 49.4 Å². The number of halogens is 2. The van der Waals surface area contributed by atoms with E-state index in [0.29, 0.717) is 34.5 Å². The zero-order valence-electron chi connectivity index (χ0n) is 11.9. The highest BCUT2D eigenvalue weighted by molar-refractivity contribution is 9.10. The van der Waals surface area contributed by atoms with Crippen molar-refractivity contribution in [3.05, 3.63) is 28.2 Å². The van der Waals surface area contributed by atoms with Crippen LogP contribution in [0.25, 0.3) is 0 Å². The van der Waals surface area contributed by atoms with Crippen molar-refractivity contribution in [1.82, 2.24) is 9.62 Å². The molecule has 0 radical (unpaired) electrons. The molecule has 7 heteroatoms. The van der Waals surface area contributed by atoms with E-state index >= 15 is 0 Å². The lowest BCUT2D eigenvalue weighted by molar-refractivity contribution is 0.383. The predicted octanol–water partition coefficient (Wildman–Crippen LogP) is 2.69. The molecule has 3 rings (SSSR count). The second-order valence-electron chi connectivity index (χ2n) is 5.72. The van der Waals surface area contributed by atoms with E-state index in [-0.39, 0.29) is 12.4 Å². The highest BCUT2D eigenvalue weighted by atomic mass is 79.9. The van der Waals surface area contributed by atoms with Crippen LogP contribution in [0.5, 0.6) is 0 Å². The molecular weight excluding hydrogens is 376 g/mol. The van der Waals surface area contributed by atoms with Gasteiger partial charge in [0, 0.05) is 29.6 Å². The van der Waals surface area contributed by atoms with Gasteiger partial charge in [-0.05, 0) is 59.8 Å². The molecular formula is C14H20BrClN2O2S. The van der Waals surface area contributed by atoms with E-state index in [1.54, 1.807) is 10.4 Å². The number of sulfonamides is 1. The average Bonchev–Trinajstić information content (AvgIpc) is 2.67. The average molecular weight is 396 g/mol. The van der Waals surface area contributed by atoms with Crippen molar-refractivity contribution in [2.24, 2.45) is 0 Å². The second kappa shape index (κ2) is 6.54. The number of rotatable bonds is 2. The summed E-state index contributed by atoms with van der Waals surface area (Å²) in [6, 6.07) is 6.20. The minimum absolute atomic E-state index is 0. The number of hydrogen-bond acceptors (Lipinski definition) is 3. The molecule has 2 heterocycles. The van der Waals surface area contributed by atoms with E-state index in [2.05, 4.69) is 21.2 Å². The van der Waals surface area contributed by atoms with Crippen LogP contribution < -0.4 is 5.32 Å². The van der Waals surface area contributed by atoms with Crippen molar-refractivity contribution < 1.29 is 8.42 Å². The molecule has 2 atom stereocenters. The Kier molecular flexibility index (Phi) is 5.36. The van der Waals surface area contributed by atoms with Gasteiger partial charge in [-0.3, -0.25) is 0 Å². The first-order chi connectivity index (χ1) is 9.46. The maximum Gasteiger partial charge on any atom is 0.244 e. The molecule has 21 heavy (non-hydrogen) atoms. The smallest absolute Gasteiger partial charge is 0.244 e. The van der Waals surface area contributed by atoms with Crippen molar-refractivity contribution >= 4 is 38.4 Å². The highest BCUT2D eigenvalue weighted by Gasteiger charge is 2.35. The summed E-state index contributed by atoms with van der Waals surface area (Å²) in [7, 11) is -3.41. The lowest BCUT2D eigenvalue weighted by Crippen LogP contribution is -2.39. The van der Waals surface area contributed by atoms with Crippen molar-refractivity contribution in [2.75, 3.05) is 13.1 Å². The van der Waals surface area contributed by atoms with Gasteiger partial charge in [-0.1, -0.05) is 6.07 Å². The zero-order chi connectivity index (χ0) is 14.3. The first-order valence-corrected chi connectivity index (χ1v) is 9.22. The fourth-order valence-electron chi connectivity index (χ4n) is 3.08. The summed E-state index contributed by atoms with van der Waals surface area (Å²) in [6.07, 6.45) is 3.15. The number of benzene rings is 1. The minimum atomic E-state index is -3.41. The van der Waals surface area contributed by atoms with Gasteiger partial charge in [0.05, 0.1) is 4.90 Å². The van der Waals surface area contributed by atoms with Gasteiger partial charge in [0.15, 0.2) is 0 Å². The van der Waals surface area contributed by atoms with Crippen LogP contribution >= 0.6 is 28.3 Å². The van der Waals surface area contributed by atoms with E-state index < -0.39 is 10.0 Å². The third kappa shape index (κ3) is 3.45. The summed E-state index contributed by atoms with van der Waals surface area (Å²) in [6.45, 7) is 3.14. The molecule has 118 valence electrons. The summed E-state index contributed by atoms with van der Waals surface area (Å²) in [5, 5.41) is 3.51. The normalized spacial score (nSPS) is 26.2. The molecule has 4 nitrogen and oxygen atoms in total. The molecule has 1 N–H and O–H groups in total. The van der Waals surface area contributed by atoms with Crippen LogP contribution in [0, 0.1) is 6.92 Å². The van der Waals surface area contributed by atoms with Crippen molar-refractivity contribution in [3.63, 3.8) is 0 Å². The van der Waals surface area contributed by atoms with Crippen LogP contribution in [-0.4, -0.2) is 37.9 Å². The summed E-state index contributed by atoms with van der Waals surface area (Å²) >= 11 is 3.39. The van der Waals surface area contributed by atoms with Gasteiger partial charge in [0.1, 0.15) is 0 Å². The Morgan fingerprint density at radius 2 is 1.95 bits per heavy atom. The molecule has 0 aromatic heterocycles. The Hall–Kier alpha value is -0.140. The largest absolute Gasteiger partial charge is 0.310 e. The Bertz CT molecular complexity index is 623. The molecule has 0 spiro atoms. The first kappa shape index (κ1) is 17.2. The van der Waals surface area contributed by atoms with E-state index in [4.69, 9.17) is 0 Å². The standard InChI is InChI=1S/C14H19BrN2O2S.ClH/c1-10-2-5-14(13(15)8-10)20(18,19)17-7-6-11-3-4-12(9-17)16-11;/h2,5,8,11-12,16H,3-4,6-7,9H2,1H3;1H. The van der Waals surface area contributed by atoms with Gasteiger partial charge < -0.3 is 5.32 Å². The van der Waals surface area contributed by atoms with Crippen LogP contribution in [0.1, 0.15) is 24.8 Å². The minimum Gasteiger partial charge on any atom is -0.310 e. The third-order valence-electron chi connectivity index (χ3n) is 4.19. The van der Waals surface area contributed by atoms with Crippen LogP contribution in [0.3, 0.4) is 0 Å². The summed E-state index contributed by atoms with van der Waals surface area (Å²) in [5.41, 5.74) is 1.05. The molecule has 0 amide bonds. The third-order valence-corrected chi connectivity index (χ3v) is 7.03. The van der Waals surface area contributed by atoms with Gasteiger partial charge >= 0.3 is 0 Å². The lowest BCUT2D eigenvalue weighted by Gasteiger charge is -2.24. The zero-order valence-corrected chi connectivity index (χ0v) is 15.1. The quantitative estimate of drug-likeness (QED) is 0.837. The number of aryl methyl sites for hydroxylation is 1. The summed E-state index contributed by atoms with van der Waals surface area (Å²) < 4.78 is 27.9. The molecule has 2 fully saturated rings. The molecule has 2 aliphatic rings. The number of nitrogens with one attached hydrogen (secondary N) is 1. The fraction of sp³-hybridized carbons (Fsp3) is 0.571. The molecule has 0 aliphatic carbocycles. The van der Waals surface area contributed by atoms with Crippen molar-refractivity contribution in [3.8, 4) is 0 Å². The Balaban J connectivity index is 0.00000161. The van der Waals surface area contributed by atoms with Gasteiger partial charge in [-0.25, -0.2) is 8.42 Å². The number of fused-ring (bicyclic) bond motifs is 2. The molecule has 0 saturated carbocycles. The number of nitrogens with zero attached hydrogens (tertiary/aromatic N) is 1. The van der Waals surface area contributed by atoms with Gasteiger partial charge in [-0.2, -0.15) is 4.31 Å². The molecule has 1 aromatic rings. The van der Waals surface area contributed by atoms with E-state index in [1.807, 2.05) is 19.1 Å². The molecule has 2 saturated heterocycles. The van der Waals surface area contributed by atoms with Crippen LogP contribution in [0.2, 0.25) is 0 Å². The summed E-state index contributed by atoms with van der Waals surface area (Å²) in [4.78, 5) is 0.376. The van der Waals surface area contributed by atoms with Crippen LogP contribution in [-0.2, 0) is 10.0 Å². The van der Waals surface area contributed by atoms with Crippen molar-refractivity contribution in [1.29, 1.82) is 0 Å². The summed E-state index contributed by atoms with van der Waals surface area (Å²) in [5.74, 6) is 0. The van der Waals surface area contributed by atoms with Crippen LogP contribution in [0.15, 0.2) is 27.6 Å². The number of hydrogen-bond donors (Lipinski definition) is 1. The van der Waals surface area contributed by atoms with Gasteiger partial charge in [0.2, 0.25) is 10.0 Å². The fourth-order valence-corrected chi connectivity index (χ4v) is 5.74. The van der Waals surface area contributed by atoms with Gasteiger partial charge in [-0.15, -0.1) is 12.4 Å². The maximum atomic E-state index is 12.8. The Morgan fingerprint density at radius 3 is 2.67 bits per heavy atom. The molecule has 2 unspecified atom stereocenters. The SMILES string of the molecule is Cc1ccc(S(=O)(=O)N2CCC3CCC(C2)N3)c(Br)c1.Cl. The van der Waals surface area contributed by atoms with E-state index in [1.165, 1.54) is 6.42 Å². The Morgan fingerprint density at radius 1 is 1.24 bits per heavy atom. The molecule has 1 aromatic carbocycles. The predicted molar refractivity (Wildman–Crippen MR) is 89.4 cm³/mol. The van der Waals surface area contributed by atoms with Crippen LogP contribution in [0.4, 0.5) is 0 Å². The first-order valence-electron chi connectivity index (χ1n) is 6.99. The van der Waals surface area contributed by atoms with E-state index in [9.17, 15) is 8.42 Å².